The average molecular weight is 300 g/mol. The Bertz CT molecular complexity index is 755. The van der Waals surface area contributed by atoms with Crippen molar-refractivity contribution in [1.29, 1.82) is 0 Å². The van der Waals surface area contributed by atoms with Gasteiger partial charge < -0.3 is 5.32 Å². The van der Waals surface area contributed by atoms with Crippen molar-refractivity contribution in [1.82, 2.24) is 20.5 Å². The van der Waals surface area contributed by atoms with E-state index < -0.39 is 11.6 Å². The minimum absolute atomic E-state index is 0.0431. The van der Waals surface area contributed by atoms with Crippen molar-refractivity contribution in [2.75, 3.05) is 0 Å². The predicted octanol–water partition coefficient (Wildman–Crippen LogP) is 1.65. The van der Waals surface area contributed by atoms with Gasteiger partial charge in [-0.15, -0.1) is 0 Å². The smallest absolute Gasteiger partial charge is 0.319 e. The fourth-order valence-corrected chi connectivity index (χ4v) is 2.70. The fourth-order valence-electron chi connectivity index (χ4n) is 2.70. The highest BCUT2D eigenvalue weighted by molar-refractivity contribution is 6.07. The molecule has 1 saturated heterocycles. The Balaban J connectivity index is 1.94. The summed E-state index contributed by atoms with van der Waals surface area (Å²) in [6.45, 7) is 5.38. The van der Waals surface area contributed by atoms with Crippen molar-refractivity contribution in [3.63, 3.8) is 0 Å². The highest BCUT2D eigenvalue weighted by Gasteiger charge is 2.49. The van der Waals surface area contributed by atoms with E-state index in [1.165, 1.54) is 0 Å². The number of aryl methyl sites for hydroxylation is 2. The first-order valence-corrected chi connectivity index (χ1v) is 6.91. The van der Waals surface area contributed by atoms with Crippen LogP contribution in [0.5, 0.6) is 0 Å². The summed E-state index contributed by atoms with van der Waals surface area (Å²) in [6, 6.07) is 7.06. The van der Waals surface area contributed by atoms with Gasteiger partial charge in [0.25, 0.3) is 5.91 Å². The van der Waals surface area contributed by atoms with Crippen LogP contribution in [0.3, 0.4) is 0 Å². The maximum Gasteiger partial charge on any atom is 0.325 e. The molecule has 0 saturated carbocycles. The van der Waals surface area contributed by atoms with E-state index in [1.807, 2.05) is 31.2 Å². The molecule has 1 aliphatic heterocycles. The van der Waals surface area contributed by atoms with Crippen molar-refractivity contribution in [2.24, 2.45) is 0 Å². The van der Waals surface area contributed by atoms with Crippen LogP contribution in [0.2, 0.25) is 0 Å². The van der Waals surface area contributed by atoms with Crippen LogP contribution >= 0.6 is 0 Å². The number of aromatic nitrogens is 2. The summed E-state index contributed by atoms with van der Waals surface area (Å²) in [5.41, 5.74) is 1.68. The molecule has 0 bridgehead atoms. The van der Waals surface area contributed by atoms with Crippen LogP contribution < -0.4 is 5.32 Å². The van der Waals surface area contributed by atoms with Crippen LogP contribution in [-0.2, 0) is 16.9 Å². The zero-order valence-electron chi connectivity index (χ0n) is 12.6. The lowest BCUT2D eigenvalue weighted by Gasteiger charge is -2.24. The molecule has 114 valence electrons. The Kier molecular flexibility index (Phi) is 3.20. The third-order valence-corrected chi connectivity index (χ3v) is 4.01. The molecule has 1 aromatic carbocycles. The van der Waals surface area contributed by atoms with Gasteiger partial charge in [0, 0.05) is 0 Å². The van der Waals surface area contributed by atoms with Gasteiger partial charge in [-0.3, -0.25) is 9.69 Å². The Labute approximate surface area is 127 Å². The molecule has 0 radical (unpaired) electrons. The molecule has 3 amide bonds. The van der Waals surface area contributed by atoms with E-state index in [1.54, 1.807) is 13.8 Å². The summed E-state index contributed by atoms with van der Waals surface area (Å²) in [6.07, 6.45) is 0. The van der Waals surface area contributed by atoms with Crippen LogP contribution in [0.25, 0.3) is 0 Å². The number of amides is 3. The van der Waals surface area contributed by atoms with Gasteiger partial charge in [0.1, 0.15) is 16.9 Å². The topological polar surface area (TPSA) is 88.3 Å². The van der Waals surface area contributed by atoms with Crippen LogP contribution in [0.4, 0.5) is 4.79 Å². The van der Waals surface area contributed by atoms with Crippen molar-refractivity contribution in [3.8, 4) is 0 Å². The molecule has 0 unspecified atom stereocenters. The maximum absolute atomic E-state index is 12.8. The van der Waals surface area contributed by atoms with Crippen molar-refractivity contribution in [2.45, 2.75) is 32.9 Å². The summed E-state index contributed by atoms with van der Waals surface area (Å²) in [5, 5.41) is 10.2. The average Bonchev–Trinajstić information content (AvgIpc) is 2.97. The van der Waals surface area contributed by atoms with Gasteiger partial charge in [0.15, 0.2) is 0 Å². The predicted molar refractivity (Wildman–Crippen MR) is 76.6 cm³/mol. The van der Waals surface area contributed by atoms with E-state index >= 15 is 0 Å². The second-order valence-corrected chi connectivity index (χ2v) is 5.56. The highest BCUT2D eigenvalue weighted by atomic mass is 16.6. The Morgan fingerprint density at radius 1 is 1.23 bits per heavy atom. The lowest BCUT2D eigenvalue weighted by Crippen LogP contribution is -2.41. The normalized spacial score (nSPS) is 21.3. The third kappa shape index (κ3) is 2.05. The molecule has 0 aliphatic carbocycles. The maximum atomic E-state index is 12.8. The van der Waals surface area contributed by atoms with Gasteiger partial charge in [-0.1, -0.05) is 34.6 Å². The highest BCUT2D eigenvalue weighted by Crippen LogP contribution is 2.31. The molecule has 2 aromatic rings. The summed E-state index contributed by atoms with van der Waals surface area (Å²) in [5.74, 6) is -0.311. The largest absolute Gasteiger partial charge is 0.325 e. The van der Waals surface area contributed by atoms with Crippen molar-refractivity contribution in [3.05, 3.63) is 46.8 Å². The van der Waals surface area contributed by atoms with E-state index in [0.29, 0.717) is 11.4 Å². The fraction of sp³-hybridized carbons (Fsp3) is 0.333. The zero-order chi connectivity index (χ0) is 15.9. The number of urea groups is 1. The number of nitrogens with one attached hydrogen (secondary N) is 1. The van der Waals surface area contributed by atoms with Crippen molar-refractivity contribution >= 4 is 11.9 Å². The van der Waals surface area contributed by atoms with Crippen LogP contribution in [0, 0.1) is 13.8 Å². The van der Waals surface area contributed by atoms with Gasteiger partial charge >= 0.3 is 6.03 Å². The molecule has 1 fully saturated rings. The first-order chi connectivity index (χ1) is 10.4. The molecule has 2 heterocycles. The molecule has 7 heteroatoms. The van der Waals surface area contributed by atoms with Crippen LogP contribution in [-0.4, -0.2) is 27.2 Å². The lowest BCUT2D eigenvalue weighted by atomic mass is 9.88. The number of carbonyl (C=O) groups excluding carboxylic acids is 2. The minimum atomic E-state index is -1.08. The Morgan fingerprint density at radius 3 is 2.59 bits per heavy atom. The number of hydrogen-bond donors (Lipinski definition) is 1. The first-order valence-electron chi connectivity index (χ1n) is 6.91. The van der Waals surface area contributed by atoms with Gasteiger partial charge in [-0.2, -0.15) is 0 Å². The van der Waals surface area contributed by atoms with E-state index in [9.17, 15) is 9.59 Å². The second kappa shape index (κ2) is 4.94. The molecule has 1 aromatic heterocycles. The molecular weight excluding hydrogens is 284 g/mol. The number of benzene rings is 1. The third-order valence-electron chi connectivity index (χ3n) is 4.01. The van der Waals surface area contributed by atoms with Gasteiger partial charge in [-0.05, 0) is 31.9 Å². The number of hydrogen-bond acceptors (Lipinski definition) is 5. The summed E-state index contributed by atoms with van der Waals surface area (Å²) in [7, 11) is 0. The molecule has 3 rings (SSSR count). The second-order valence-electron chi connectivity index (χ2n) is 5.56. The van der Waals surface area contributed by atoms with E-state index in [0.717, 1.165) is 16.0 Å². The first kappa shape index (κ1) is 14.2. The van der Waals surface area contributed by atoms with E-state index in [2.05, 4.69) is 20.3 Å². The van der Waals surface area contributed by atoms with E-state index in [4.69, 9.17) is 0 Å². The molecule has 7 nitrogen and oxygen atoms in total. The van der Waals surface area contributed by atoms with Crippen LogP contribution in [0.15, 0.2) is 28.9 Å². The molecule has 0 spiro atoms. The monoisotopic (exact) mass is 300 g/mol. The van der Waals surface area contributed by atoms with Gasteiger partial charge in [-0.25, -0.2) is 9.42 Å². The number of rotatable bonds is 3. The molecule has 1 atom stereocenters. The lowest BCUT2D eigenvalue weighted by molar-refractivity contribution is -0.131. The summed E-state index contributed by atoms with van der Waals surface area (Å²) < 4.78 is 4.61. The molecule has 1 aliphatic rings. The SMILES string of the molecule is Cc1ccccc1[C@]1(C)NC(=O)N(Cc2nonc2C)C1=O. The number of carbonyl (C=O) groups is 2. The molecule has 22 heavy (non-hydrogen) atoms. The summed E-state index contributed by atoms with van der Waals surface area (Å²) >= 11 is 0. The number of imide groups is 1. The standard InChI is InChI=1S/C15H16N4O3/c1-9-6-4-5-7-11(9)15(3)13(20)19(14(21)16-15)8-12-10(2)17-22-18-12/h4-7H,8H2,1-3H3,(H,16,21)/t15-/m0/s1. The van der Waals surface area contributed by atoms with Gasteiger partial charge in [0.2, 0.25) is 0 Å². The quantitative estimate of drug-likeness (QED) is 0.871. The van der Waals surface area contributed by atoms with E-state index in [-0.39, 0.29) is 12.5 Å². The molecule has 1 N–H and O–H groups in total. The van der Waals surface area contributed by atoms with Gasteiger partial charge in [0.05, 0.1) is 6.54 Å². The van der Waals surface area contributed by atoms with Crippen molar-refractivity contribution < 1.29 is 14.2 Å². The van der Waals surface area contributed by atoms with Crippen LogP contribution in [0.1, 0.15) is 29.4 Å². The summed E-state index contributed by atoms with van der Waals surface area (Å²) in [4.78, 5) is 26.2. The zero-order valence-corrected chi connectivity index (χ0v) is 12.6. The molecular formula is C15H16N4O3. The Morgan fingerprint density at radius 2 is 1.95 bits per heavy atom. The Hall–Kier alpha value is -2.70. The minimum Gasteiger partial charge on any atom is -0.319 e. The number of nitrogens with zero attached hydrogens (tertiary/aromatic N) is 3.